The molecule has 146 valence electrons. The van der Waals surface area contributed by atoms with Crippen molar-refractivity contribution in [3.8, 4) is 11.6 Å². The Labute approximate surface area is 164 Å². The second-order valence-corrected chi connectivity index (χ2v) is 7.15. The second kappa shape index (κ2) is 8.57. The molecular weight excluding hydrogens is 382 g/mol. The van der Waals surface area contributed by atoms with Gasteiger partial charge < -0.3 is 19.8 Å². The minimum absolute atomic E-state index is 0.0802. The summed E-state index contributed by atoms with van der Waals surface area (Å²) < 4.78 is 5.73. The highest BCUT2D eigenvalue weighted by molar-refractivity contribution is 7.09. The molecule has 0 bridgehead atoms. The first-order valence-electron chi connectivity index (χ1n) is 8.45. The van der Waals surface area contributed by atoms with Crippen LogP contribution < -0.4 is 14.5 Å². The number of H-pyrrole nitrogens is 1. The summed E-state index contributed by atoms with van der Waals surface area (Å²) in [5.74, 6) is 0.282. The van der Waals surface area contributed by atoms with Crippen molar-refractivity contribution >= 4 is 23.1 Å². The molecule has 3 rings (SSSR count). The van der Waals surface area contributed by atoms with Gasteiger partial charge in [0.2, 0.25) is 5.88 Å². The molecule has 9 heteroatoms. The molecule has 0 unspecified atom stereocenters. The Hall–Kier alpha value is -3.33. The van der Waals surface area contributed by atoms with E-state index in [-0.39, 0.29) is 16.3 Å². The minimum atomic E-state index is -1.01. The molecule has 0 aliphatic heterocycles. The third-order valence-electron chi connectivity index (χ3n) is 4.07. The van der Waals surface area contributed by atoms with E-state index in [4.69, 9.17) is 9.84 Å². The number of aromatic amines is 1. The second-order valence-electron chi connectivity index (χ2n) is 6.09. The average Bonchev–Trinajstić information content (AvgIpc) is 3.00. The summed E-state index contributed by atoms with van der Waals surface area (Å²) in [6.07, 6.45) is 1.79. The highest BCUT2D eigenvalue weighted by atomic mass is 32.1. The van der Waals surface area contributed by atoms with Gasteiger partial charge in [-0.15, -0.1) is 0 Å². The van der Waals surface area contributed by atoms with Gasteiger partial charge in [-0.3, -0.25) is 9.78 Å². The number of likely N-dealkylation sites (N-methyl/N-ethyl adjacent to an activating group) is 1. The number of ether oxygens (including phenoxy) is 1. The summed E-state index contributed by atoms with van der Waals surface area (Å²) in [6, 6.07) is 10.6. The number of aromatic nitrogens is 2. The van der Waals surface area contributed by atoms with E-state index in [0.29, 0.717) is 36.0 Å². The molecule has 0 fully saturated rings. The molecule has 0 aliphatic carbocycles. The van der Waals surface area contributed by atoms with Crippen LogP contribution >= 0.6 is 11.3 Å². The van der Waals surface area contributed by atoms with Crippen LogP contribution in [0.4, 0.5) is 5.82 Å². The fraction of sp³-hybridized carbons (Fsp3) is 0.211. The Morgan fingerprint density at radius 3 is 2.57 bits per heavy atom. The molecule has 8 nitrogen and oxygen atoms in total. The van der Waals surface area contributed by atoms with Crippen LogP contribution in [-0.2, 0) is 6.42 Å². The Bertz CT molecular complexity index is 996. The fourth-order valence-corrected chi connectivity index (χ4v) is 3.27. The molecule has 2 aromatic heterocycles. The predicted octanol–water partition coefficient (Wildman–Crippen LogP) is 2.34. The molecule has 3 N–H and O–H groups in total. The number of hydrogen-bond acceptors (Lipinski definition) is 7. The van der Waals surface area contributed by atoms with Crippen LogP contribution in [0.1, 0.15) is 20.8 Å². The quantitative estimate of drug-likeness (QED) is 0.530. The Morgan fingerprint density at radius 1 is 1.25 bits per heavy atom. The van der Waals surface area contributed by atoms with E-state index in [2.05, 4.69) is 9.97 Å². The SMILES string of the molecule is CN(CCOc1ccc(Cc2sc(=O)[nH]c2O)cc1)c1ccc(C(=O)O)cn1. The zero-order chi connectivity index (χ0) is 20.1. The van der Waals surface area contributed by atoms with Gasteiger partial charge in [0.05, 0.1) is 17.0 Å². The van der Waals surface area contributed by atoms with Gasteiger partial charge in [0.1, 0.15) is 18.2 Å². The summed E-state index contributed by atoms with van der Waals surface area (Å²) in [5.41, 5.74) is 1.10. The van der Waals surface area contributed by atoms with Gasteiger partial charge in [-0.25, -0.2) is 9.78 Å². The molecule has 2 heterocycles. The molecule has 0 aliphatic rings. The van der Waals surface area contributed by atoms with Crippen LogP contribution in [0.2, 0.25) is 0 Å². The molecule has 0 radical (unpaired) electrons. The van der Waals surface area contributed by atoms with Crippen LogP contribution in [0.25, 0.3) is 0 Å². The van der Waals surface area contributed by atoms with Crippen LogP contribution in [0.15, 0.2) is 47.4 Å². The Balaban J connectivity index is 1.50. The number of aromatic carboxylic acids is 1. The summed E-state index contributed by atoms with van der Waals surface area (Å²) >= 11 is 0.994. The number of anilines is 1. The van der Waals surface area contributed by atoms with E-state index in [1.807, 2.05) is 36.2 Å². The number of hydrogen-bond donors (Lipinski definition) is 3. The van der Waals surface area contributed by atoms with E-state index in [1.54, 1.807) is 6.07 Å². The normalized spacial score (nSPS) is 10.6. The van der Waals surface area contributed by atoms with Crippen molar-refractivity contribution in [3.05, 3.63) is 68.3 Å². The average molecular weight is 401 g/mol. The third-order valence-corrected chi connectivity index (χ3v) is 4.94. The van der Waals surface area contributed by atoms with Crippen LogP contribution in [-0.4, -0.2) is 46.3 Å². The van der Waals surface area contributed by atoms with Crippen molar-refractivity contribution in [2.75, 3.05) is 25.1 Å². The lowest BCUT2D eigenvalue weighted by Gasteiger charge is -2.18. The molecule has 1 aromatic carbocycles. The number of thiazole rings is 1. The maximum Gasteiger partial charge on any atom is 0.337 e. The number of rotatable bonds is 8. The van der Waals surface area contributed by atoms with Gasteiger partial charge in [0.15, 0.2) is 0 Å². The lowest BCUT2D eigenvalue weighted by molar-refractivity contribution is 0.0696. The summed E-state index contributed by atoms with van der Waals surface area (Å²) in [7, 11) is 1.85. The minimum Gasteiger partial charge on any atom is -0.494 e. The van der Waals surface area contributed by atoms with Crippen molar-refractivity contribution in [1.29, 1.82) is 0 Å². The van der Waals surface area contributed by atoms with Crippen LogP contribution in [0.5, 0.6) is 11.6 Å². The molecule has 0 saturated heterocycles. The number of carbonyl (C=O) groups is 1. The number of pyridine rings is 1. The predicted molar refractivity (Wildman–Crippen MR) is 106 cm³/mol. The number of nitrogens with one attached hydrogen (secondary N) is 1. The molecule has 0 atom stereocenters. The van der Waals surface area contributed by atoms with Gasteiger partial charge in [-0.2, -0.15) is 0 Å². The first-order chi connectivity index (χ1) is 13.4. The summed E-state index contributed by atoms with van der Waals surface area (Å²) in [5, 5.41) is 18.5. The molecular formula is C19H19N3O5S. The molecule has 3 aromatic rings. The molecule has 0 amide bonds. The maximum atomic E-state index is 11.2. The zero-order valence-electron chi connectivity index (χ0n) is 15.1. The maximum absolute atomic E-state index is 11.2. The lowest BCUT2D eigenvalue weighted by atomic mass is 10.1. The van der Waals surface area contributed by atoms with E-state index >= 15 is 0 Å². The van der Waals surface area contributed by atoms with E-state index in [0.717, 1.165) is 16.9 Å². The van der Waals surface area contributed by atoms with Gasteiger partial charge in [0.25, 0.3) is 0 Å². The van der Waals surface area contributed by atoms with Gasteiger partial charge in [-0.05, 0) is 29.8 Å². The van der Waals surface area contributed by atoms with E-state index in [1.165, 1.54) is 12.3 Å². The van der Waals surface area contributed by atoms with Gasteiger partial charge in [-0.1, -0.05) is 23.5 Å². The third kappa shape index (κ3) is 4.89. The van der Waals surface area contributed by atoms with Crippen LogP contribution in [0.3, 0.4) is 0 Å². The first-order valence-corrected chi connectivity index (χ1v) is 9.27. The zero-order valence-corrected chi connectivity index (χ0v) is 15.9. The van der Waals surface area contributed by atoms with Crippen molar-refractivity contribution in [1.82, 2.24) is 9.97 Å². The van der Waals surface area contributed by atoms with Crippen molar-refractivity contribution in [2.45, 2.75) is 6.42 Å². The topological polar surface area (TPSA) is 116 Å². The van der Waals surface area contributed by atoms with E-state index in [9.17, 15) is 14.7 Å². The monoisotopic (exact) mass is 401 g/mol. The smallest absolute Gasteiger partial charge is 0.337 e. The number of nitrogens with zero attached hydrogens (tertiary/aromatic N) is 2. The highest BCUT2D eigenvalue weighted by Gasteiger charge is 2.08. The van der Waals surface area contributed by atoms with Crippen molar-refractivity contribution < 1.29 is 19.7 Å². The van der Waals surface area contributed by atoms with Crippen molar-refractivity contribution in [2.24, 2.45) is 0 Å². The van der Waals surface area contributed by atoms with Gasteiger partial charge in [0, 0.05) is 19.7 Å². The number of carboxylic acid groups (broad SMARTS) is 1. The van der Waals surface area contributed by atoms with Crippen molar-refractivity contribution in [3.63, 3.8) is 0 Å². The first kappa shape index (κ1) is 19.4. The summed E-state index contributed by atoms with van der Waals surface area (Å²) in [6.45, 7) is 1.00. The molecule has 28 heavy (non-hydrogen) atoms. The highest BCUT2D eigenvalue weighted by Crippen LogP contribution is 2.21. The number of benzene rings is 1. The van der Waals surface area contributed by atoms with Crippen LogP contribution in [0, 0.1) is 0 Å². The standard InChI is InChI=1S/C19H19N3O5S/c1-22(16-7-4-13(11-20-16)18(24)25)8-9-27-14-5-2-12(3-6-14)10-15-17(23)21-19(26)28-15/h2-7,11,23H,8-10H2,1H3,(H,21,26)(H,24,25). The Kier molecular flexibility index (Phi) is 5.95. The largest absolute Gasteiger partial charge is 0.494 e. The molecule has 0 spiro atoms. The van der Waals surface area contributed by atoms with Gasteiger partial charge >= 0.3 is 10.8 Å². The fourth-order valence-electron chi connectivity index (χ4n) is 2.51. The summed E-state index contributed by atoms with van der Waals surface area (Å²) in [4.78, 5) is 30.8. The Morgan fingerprint density at radius 2 is 2.00 bits per heavy atom. The molecule has 0 saturated carbocycles. The number of carboxylic acids is 1. The lowest BCUT2D eigenvalue weighted by Crippen LogP contribution is -2.24. The van der Waals surface area contributed by atoms with E-state index < -0.39 is 5.97 Å². The number of aromatic hydroxyl groups is 1.